The second-order valence-corrected chi connectivity index (χ2v) is 3.49. The molecule has 75 valence electrons. The lowest BCUT2D eigenvalue weighted by Gasteiger charge is -2.10. The Bertz CT molecular complexity index is 321. The summed E-state index contributed by atoms with van der Waals surface area (Å²) in [5, 5.41) is 2.79. The van der Waals surface area contributed by atoms with Crippen LogP contribution in [-0.2, 0) is 4.79 Å². The van der Waals surface area contributed by atoms with Crippen LogP contribution in [-0.4, -0.2) is 31.4 Å². The maximum absolute atomic E-state index is 11.4. The summed E-state index contributed by atoms with van der Waals surface area (Å²) in [5.41, 5.74) is 1.69. The zero-order valence-corrected chi connectivity index (χ0v) is 8.58. The van der Waals surface area contributed by atoms with E-state index in [0.717, 1.165) is 11.3 Å². The van der Waals surface area contributed by atoms with Gasteiger partial charge in [-0.05, 0) is 38.7 Å². The average Bonchev–Trinajstić information content (AvgIpc) is 2.01. The minimum absolute atomic E-state index is 0.0133. The SMILES string of the molecule is [CH2]c1cccc(NC(=O)CN(C)C)c1. The van der Waals surface area contributed by atoms with Gasteiger partial charge < -0.3 is 10.2 Å². The first-order chi connectivity index (χ1) is 6.58. The third kappa shape index (κ3) is 3.58. The maximum Gasteiger partial charge on any atom is 0.238 e. The van der Waals surface area contributed by atoms with Crippen LogP contribution in [0, 0.1) is 6.92 Å². The number of carbonyl (C=O) groups excluding carboxylic acids is 1. The van der Waals surface area contributed by atoms with Crippen molar-refractivity contribution in [1.29, 1.82) is 0 Å². The molecule has 1 aromatic carbocycles. The van der Waals surface area contributed by atoms with E-state index < -0.39 is 0 Å². The average molecular weight is 191 g/mol. The predicted octanol–water partition coefficient (Wildman–Crippen LogP) is 1.37. The van der Waals surface area contributed by atoms with Crippen LogP contribution in [0.1, 0.15) is 5.56 Å². The van der Waals surface area contributed by atoms with Gasteiger partial charge in [0, 0.05) is 5.69 Å². The molecule has 0 aliphatic carbocycles. The minimum Gasteiger partial charge on any atom is -0.325 e. The topological polar surface area (TPSA) is 32.3 Å². The van der Waals surface area contributed by atoms with E-state index in [1.165, 1.54) is 0 Å². The van der Waals surface area contributed by atoms with Crippen LogP contribution in [0.2, 0.25) is 0 Å². The number of benzene rings is 1. The minimum atomic E-state index is -0.0133. The monoisotopic (exact) mass is 191 g/mol. The molecule has 1 rings (SSSR count). The van der Waals surface area contributed by atoms with Crippen molar-refractivity contribution in [2.45, 2.75) is 0 Å². The highest BCUT2D eigenvalue weighted by Gasteiger charge is 2.02. The van der Waals surface area contributed by atoms with Gasteiger partial charge in [0.1, 0.15) is 0 Å². The Kier molecular flexibility index (Phi) is 3.65. The van der Waals surface area contributed by atoms with E-state index >= 15 is 0 Å². The third-order valence-electron chi connectivity index (χ3n) is 1.67. The van der Waals surface area contributed by atoms with Crippen LogP contribution in [0.15, 0.2) is 24.3 Å². The zero-order valence-electron chi connectivity index (χ0n) is 8.58. The number of nitrogens with zero attached hydrogens (tertiary/aromatic N) is 1. The summed E-state index contributed by atoms with van der Waals surface area (Å²) in [4.78, 5) is 13.2. The number of hydrogen-bond acceptors (Lipinski definition) is 2. The van der Waals surface area contributed by atoms with Crippen molar-refractivity contribution in [2.24, 2.45) is 0 Å². The van der Waals surface area contributed by atoms with Crippen LogP contribution in [0.5, 0.6) is 0 Å². The van der Waals surface area contributed by atoms with E-state index in [0.29, 0.717) is 6.54 Å². The lowest BCUT2D eigenvalue weighted by Crippen LogP contribution is -2.27. The summed E-state index contributed by atoms with van der Waals surface area (Å²) >= 11 is 0. The van der Waals surface area contributed by atoms with Crippen LogP contribution in [0.4, 0.5) is 5.69 Å². The van der Waals surface area contributed by atoms with Gasteiger partial charge >= 0.3 is 0 Å². The van der Waals surface area contributed by atoms with Gasteiger partial charge in [-0.2, -0.15) is 0 Å². The standard InChI is InChI=1S/C11H15N2O/c1-9-5-4-6-10(7-9)12-11(14)8-13(2)3/h4-7H,1,8H2,2-3H3,(H,12,14). The van der Waals surface area contributed by atoms with Crippen molar-refractivity contribution in [2.75, 3.05) is 26.0 Å². The normalized spacial score (nSPS) is 10.3. The summed E-state index contributed by atoms with van der Waals surface area (Å²) in [6, 6.07) is 7.45. The largest absolute Gasteiger partial charge is 0.325 e. The lowest BCUT2D eigenvalue weighted by molar-refractivity contribution is -0.116. The van der Waals surface area contributed by atoms with E-state index in [4.69, 9.17) is 0 Å². The van der Waals surface area contributed by atoms with Gasteiger partial charge in [0.2, 0.25) is 5.91 Å². The van der Waals surface area contributed by atoms with Gasteiger partial charge in [-0.3, -0.25) is 4.79 Å². The summed E-state index contributed by atoms with van der Waals surface area (Å²) in [5.74, 6) is -0.0133. The number of likely N-dealkylation sites (N-methyl/N-ethyl adjacent to an activating group) is 1. The first-order valence-electron chi connectivity index (χ1n) is 4.44. The molecule has 0 aromatic heterocycles. The van der Waals surface area contributed by atoms with E-state index in [2.05, 4.69) is 12.2 Å². The van der Waals surface area contributed by atoms with Crippen molar-refractivity contribution in [3.63, 3.8) is 0 Å². The molecule has 1 aromatic rings. The number of hydrogen-bond donors (Lipinski definition) is 1. The second kappa shape index (κ2) is 4.77. The number of carbonyl (C=O) groups is 1. The predicted molar refractivity (Wildman–Crippen MR) is 58.1 cm³/mol. The summed E-state index contributed by atoms with van der Waals surface area (Å²) in [7, 11) is 3.72. The van der Waals surface area contributed by atoms with Crippen molar-refractivity contribution in [1.82, 2.24) is 4.90 Å². The highest BCUT2D eigenvalue weighted by atomic mass is 16.2. The fourth-order valence-electron chi connectivity index (χ4n) is 1.14. The highest BCUT2D eigenvalue weighted by molar-refractivity contribution is 5.92. The molecule has 1 radical (unpaired) electrons. The Labute approximate surface area is 84.7 Å². The molecule has 0 saturated heterocycles. The summed E-state index contributed by atoms with van der Waals surface area (Å²) < 4.78 is 0. The van der Waals surface area contributed by atoms with Gasteiger partial charge in [-0.1, -0.05) is 12.1 Å². The highest BCUT2D eigenvalue weighted by Crippen LogP contribution is 2.08. The van der Waals surface area contributed by atoms with E-state index in [1.54, 1.807) is 0 Å². The molecule has 0 saturated carbocycles. The molecule has 0 spiro atoms. The van der Waals surface area contributed by atoms with E-state index in [9.17, 15) is 4.79 Å². The quantitative estimate of drug-likeness (QED) is 0.782. The molecule has 3 nitrogen and oxygen atoms in total. The first-order valence-corrected chi connectivity index (χ1v) is 4.44. The Morgan fingerprint density at radius 1 is 1.50 bits per heavy atom. The van der Waals surface area contributed by atoms with Gasteiger partial charge in [0.25, 0.3) is 0 Å². The van der Waals surface area contributed by atoms with Crippen LogP contribution >= 0.6 is 0 Å². The van der Waals surface area contributed by atoms with Gasteiger partial charge in [0.05, 0.1) is 6.54 Å². The molecular formula is C11H15N2O. The number of anilines is 1. The molecule has 0 heterocycles. The molecule has 3 heteroatoms. The van der Waals surface area contributed by atoms with Crippen LogP contribution < -0.4 is 5.32 Å². The molecule has 0 aliphatic heterocycles. The molecular weight excluding hydrogens is 176 g/mol. The summed E-state index contributed by atoms with van der Waals surface area (Å²) in [6.07, 6.45) is 0. The second-order valence-electron chi connectivity index (χ2n) is 3.49. The summed E-state index contributed by atoms with van der Waals surface area (Å²) in [6.45, 7) is 4.18. The van der Waals surface area contributed by atoms with Gasteiger partial charge in [-0.15, -0.1) is 0 Å². The number of amides is 1. The van der Waals surface area contributed by atoms with Gasteiger partial charge in [0.15, 0.2) is 0 Å². The molecule has 0 atom stereocenters. The molecule has 14 heavy (non-hydrogen) atoms. The molecule has 0 fully saturated rings. The third-order valence-corrected chi connectivity index (χ3v) is 1.67. The fourth-order valence-corrected chi connectivity index (χ4v) is 1.14. The van der Waals surface area contributed by atoms with E-state index in [-0.39, 0.29) is 5.91 Å². The van der Waals surface area contributed by atoms with E-state index in [1.807, 2.05) is 43.3 Å². The van der Waals surface area contributed by atoms with Crippen LogP contribution in [0.25, 0.3) is 0 Å². The Hall–Kier alpha value is -1.35. The lowest BCUT2D eigenvalue weighted by atomic mass is 10.2. The maximum atomic E-state index is 11.4. The Morgan fingerprint density at radius 3 is 2.79 bits per heavy atom. The number of rotatable bonds is 3. The van der Waals surface area contributed by atoms with Crippen molar-refractivity contribution >= 4 is 11.6 Å². The first kappa shape index (κ1) is 10.7. The van der Waals surface area contributed by atoms with Crippen molar-refractivity contribution in [3.05, 3.63) is 36.8 Å². The van der Waals surface area contributed by atoms with Crippen molar-refractivity contribution in [3.8, 4) is 0 Å². The smallest absolute Gasteiger partial charge is 0.238 e. The molecule has 0 bridgehead atoms. The van der Waals surface area contributed by atoms with Gasteiger partial charge in [-0.25, -0.2) is 0 Å². The molecule has 1 amide bonds. The zero-order chi connectivity index (χ0) is 10.6. The molecule has 1 N–H and O–H groups in total. The Morgan fingerprint density at radius 2 is 2.21 bits per heavy atom. The molecule has 0 unspecified atom stereocenters. The number of nitrogens with one attached hydrogen (secondary N) is 1. The van der Waals surface area contributed by atoms with Crippen molar-refractivity contribution < 1.29 is 4.79 Å². The Balaban J connectivity index is 2.56. The van der Waals surface area contributed by atoms with Crippen LogP contribution in [0.3, 0.4) is 0 Å². The fraction of sp³-hybridized carbons (Fsp3) is 0.273. The molecule has 0 aliphatic rings.